The van der Waals surface area contributed by atoms with Crippen molar-refractivity contribution in [3.8, 4) is 11.1 Å². The molecule has 0 bridgehead atoms. The molecule has 0 aliphatic carbocycles. The highest BCUT2D eigenvalue weighted by molar-refractivity contribution is 6.29. The van der Waals surface area contributed by atoms with E-state index in [1.54, 1.807) is 6.20 Å². The summed E-state index contributed by atoms with van der Waals surface area (Å²) in [5.74, 6) is 0.708. The van der Waals surface area contributed by atoms with E-state index in [2.05, 4.69) is 38.5 Å². The molecule has 0 atom stereocenters. The first-order valence-electron chi connectivity index (χ1n) is 8.97. The molecule has 0 aliphatic heterocycles. The Labute approximate surface area is 164 Å². The normalized spacial score (nSPS) is 10.2. The standard InChI is InChI=1S/C20H15ClN4.C2H6/c21-20-24-17-11-6-10-16(14-7-2-1-3-8-14)18(17)19(25-20)23-13-15-9-4-5-12-22-15;1-2/h1-12H,13H2,(H,23,24,25);1-2H3. The van der Waals surface area contributed by atoms with Crippen LogP contribution in [0.1, 0.15) is 19.5 Å². The molecule has 2 aromatic heterocycles. The van der Waals surface area contributed by atoms with Gasteiger partial charge in [-0.3, -0.25) is 4.98 Å². The number of pyridine rings is 1. The van der Waals surface area contributed by atoms with Gasteiger partial charge in [-0.25, -0.2) is 9.97 Å². The molecule has 0 saturated heterocycles. The number of aromatic nitrogens is 3. The zero-order valence-corrected chi connectivity index (χ0v) is 16.1. The largest absolute Gasteiger partial charge is 0.364 e. The molecule has 0 spiro atoms. The molecule has 5 heteroatoms. The Kier molecular flexibility index (Phi) is 6.34. The second-order valence-electron chi connectivity index (χ2n) is 5.58. The second kappa shape index (κ2) is 9.10. The molecule has 0 aliphatic rings. The summed E-state index contributed by atoms with van der Waals surface area (Å²) >= 11 is 6.13. The van der Waals surface area contributed by atoms with Crippen LogP contribution in [0.25, 0.3) is 22.0 Å². The van der Waals surface area contributed by atoms with Crippen LogP contribution in [0.5, 0.6) is 0 Å². The summed E-state index contributed by atoms with van der Waals surface area (Å²) in [6, 6.07) is 22.0. The van der Waals surface area contributed by atoms with E-state index in [4.69, 9.17) is 11.6 Å². The van der Waals surface area contributed by atoms with Gasteiger partial charge in [0.15, 0.2) is 0 Å². The van der Waals surface area contributed by atoms with Gasteiger partial charge in [0.2, 0.25) is 5.28 Å². The van der Waals surface area contributed by atoms with Crippen LogP contribution >= 0.6 is 11.6 Å². The van der Waals surface area contributed by atoms with E-state index in [0.29, 0.717) is 12.4 Å². The van der Waals surface area contributed by atoms with E-state index >= 15 is 0 Å². The fourth-order valence-corrected chi connectivity index (χ4v) is 2.99. The highest BCUT2D eigenvalue weighted by Crippen LogP contribution is 2.33. The van der Waals surface area contributed by atoms with Gasteiger partial charge in [0.1, 0.15) is 5.82 Å². The molecule has 0 amide bonds. The summed E-state index contributed by atoms with van der Waals surface area (Å²) in [7, 11) is 0. The number of anilines is 1. The fraction of sp³-hybridized carbons (Fsp3) is 0.136. The van der Waals surface area contributed by atoms with Gasteiger partial charge >= 0.3 is 0 Å². The average molecular weight is 377 g/mol. The maximum atomic E-state index is 6.13. The molecule has 0 fully saturated rings. The van der Waals surface area contributed by atoms with Gasteiger partial charge in [0.25, 0.3) is 0 Å². The maximum absolute atomic E-state index is 6.13. The molecular formula is C22H21ClN4. The lowest BCUT2D eigenvalue weighted by atomic mass is 10.0. The minimum atomic E-state index is 0.223. The summed E-state index contributed by atoms with van der Waals surface area (Å²) in [4.78, 5) is 13.1. The summed E-state index contributed by atoms with van der Waals surface area (Å²) in [5, 5.41) is 4.53. The zero-order valence-electron chi connectivity index (χ0n) is 15.4. The van der Waals surface area contributed by atoms with Crippen LogP contribution in [0, 0.1) is 0 Å². The molecule has 1 N–H and O–H groups in total. The van der Waals surface area contributed by atoms with Crippen LogP contribution in [-0.2, 0) is 6.54 Å². The highest BCUT2D eigenvalue weighted by atomic mass is 35.5. The van der Waals surface area contributed by atoms with Gasteiger partial charge in [-0.05, 0) is 40.9 Å². The SMILES string of the molecule is CC.Clc1nc(NCc2ccccn2)c2c(-c3ccccc3)cccc2n1. The lowest BCUT2D eigenvalue weighted by molar-refractivity contribution is 1.03. The number of benzene rings is 2. The Morgan fingerprint density at radius 3 is 2.37 bits per heavy atom. The monoisotopic (exact) mass is 376 g/mol. The van der Waals surface area contributed by atoms with Crippen molar-refractivity contribution in [3.05, 3.63) is 83.9 Å². The highest BCUT2D eigenvalue weighted by Gasteiger charge is 2.12. The first-order chi connectivity index (χ1) is 13.3. The number of hydrogen-bond donors (Lipinski definition) is 1. The average Bonchev–Trinajstić information content (AvgIpc) is 2.74. The van der Waals surface area contributed by atoms with Gasteiger partial charge in [-0.15, -0.1) is 0 Å². The van der Waals surface area contributed by atoms with Gasteiger partial charge in [0, 0.05) is 6.20 Å². The van der Waals surface area contributed by atoms with Crippen LogP contribution in [-0.4, -0.2) is 15.0 Å². The molecule has 0 radical (unpaired) electrons. The van der Waals surface area contributed by atoms with Crippen LogP contribution < -0.4 is 5.32 Å². The number of nitrogens with one attached hydrogen (secondary N) is 1. The van der Waals surface area contributed by atoms with E-state index < -0.39 is 0 Å². The molecule has 2 heterocycles. The molecule has 4 nitrogen and oxygen atoms in total. The van der Waals surface area contributed by atoms with Crippen LogP contribution in [0.15, 0.2) is 72.9 Å². The lowest BCUT2D eigenvalue weighted by Gasteiger charge is -2.12. The molecule has 2 aromatic carbocycles. The van der Waals surface area contributed by atoms with Gasteiger partial charge in [0.05, 0.1) is 23.1 Å². The Morgan fingerprint density at radius 2 is 1.63 bits per heavy atom. The van der Waals surface area contributed by atoms with Gasteiger partial charge in [-0.2, -0.15) is 0 Å². The molecule has 27 heavy (non-hydrogen) atoms. The van der Waals surface area contributed by atoms with E-state index in [1.165, 1.54) is 0 Å². The van der Waals surface area contributed by atoms with E-state index in [1.807, 2.05) is 62.4 Å². The van der Waals surface area contributed by atoms with Crippen molar-refractivity contribution in [1.29, 1.82) is 0 Å². The minimum absolute atomic E-state index is 0.223. The predicted octanol–water partition coefficient (Wildman–Crippen LogP) is 5.98. The third-order valence-corrected chi connectivity index (χ3v) is 4.11. The summed E-state index contributed by atoms with van der Waals surface area (Å²) < 4.78 is 0. The van der Waals surface area contributed by atoms with Crippen LogP contribution in [0.4, 0.5) is 5.82 Å². The number of rotatable bonds is 4. The topological polar surface area (TPSA) is 50.7 Å². The van der Waals surface area contributed by atoms with Crippen molar-refractivity contribution in [2.24, 2.45) is 0 Å². The molecule has 4 aromatic rings. The Balaban J connectivity index is 0.00000102. The molecule has 0 saturated carbocycles. The molecule has 136 valence electrons. The van der Waals surface area contributed by atoms with Crippen LogP contribution in [0.2, 0.25) is 5.28 Å². The van der Waals surface area contributed by atoms with Crippen LogP contribution in [0.3, 0.4) is 0 Å². The van der Waals surface area contributed by atoms with E-state index in [-0.39, 0.29) is 5.28 Å². The summed E-state index contributed by atoms with van der Waals surface area (Å²) in [5.41, 5.74) is 3.92. The minimum Gasteiger partial charge on any atom is -0.364 e. The predicted molar refractivity (Wildman–Crippen MR) is 113 cm³/mol. The first kappa shape index (κ1) is 18.8. The molecular weight excluding hydrogens is 356 g/mol. The zero-order chi connectivity index (χ0) is 19.1. The molecule has 4 rings (SSSR count). The van der Waals surface area contributed by atoms with Crippen molar-refractivity contribution >= 4 is 28.3 Å². The van der Waals surface area contributed by atoms with Crippen molar-refractivity contribution in [2.75, 3.05) is 5.32 Å². The Hall–Kier alpha value is -2.98. The van der Waals surface area contributed by atoms with E-state index in [9.17, 15) is 0 Å². The number of halogens is 1. The van der Waals surface area contributed by atoms with Gasteiger partial charge in [-0.1, -0.05) is 62.4 Å². The van der Waals surface area contributed by atoms with E-state index in [0.717, 1.165) is 27.7 Å². The summed E-state index contributed by atoms with van der Waals surface area (Å²) in [6.45, 7) is 4.56. The smallest absolute Gasteiger partial charge is 0.224 e. The van der Waals surface area contributed by atoms with Crippen molar-refractivity contribution in [3.63, 3.8) is 0 Å². The fourth-order valence-electron chi connectivity index (χ4n) is 2.82. The third-order valence-electron chi connectivity index (χ3n) is 3.94. The lowest BCUT2D eigenvalue weighted by Crippen LogP contribution is -2.05. The van der Waals surface area contributed by atoms with Gasteiger partial charge < -0.3 is 5.32 Å². The maximum Gasteiger partial charge on any atom is 0.224 e. The number of nitrogens with zero attached hydrogens (tertiary/aromatic N) is 3. The Morgan fingerprint density at radius 1 is 0.852 bits per heavy atom. The molecule has 0 unspecified atom stereocenters. The Bertz CT molecular complexity index is 1000. The number of hydrogen-bond acceptors (Lipinski definition) is 4. The third kappa shape index (κ3) is 4.41. The van der Waals surface area contributed by atoms with Crippen molar-refractivity contribution < 1.29 is 0 Å². The summed E-state index contributed by atoms with van der Waals surface area (Å²) in [6.07, 6.45) is 1.78. The van der Waals surface area contributed by atoms with Crippen molar-refractivity contribution in [2.45, 2.75) is 20.4 Å². The first-order valence-corrected chi connectivity index (χ1v) is 9.34. The van der Waals surface area contributed by atoms with Crippen molar-refractivity contribution in [1.82, 2.24) is 15.0 Å². The quantitative estimate of drug-likeness (QED) is 0.445. The number of fused-ring (bicyclic) bond motifs is 1. The second-order valence-corrected chi connectivity index (χ2v) is 5.92.